The van der Waals surface area contributed by atoms with E-state index in [9.17, 15) is 4.79 Å². The zero-order valence-corrected chi connectivity index (χ0v) is 12.3. The molecule has 2 nitrogen and oxygen atoms in total. The molecule has 0 radical (unpaired) electrons. The van der Waals surface area contributed by atoms with Crippen molar-refractivity contribution in [2.75, 3.05) is 5.75 Å². The maximum absolute atomic E-state index is 12.1. The summed E-state index contributed by atoms with van der Waals surface area (Å²) in [7, 11) is 0. The number of ketones is 1. The Kier molecular flexibility index (Phi) is 4.48. The Morgan fingerprint density at radius 1 is 1.21 bits per heavy atom. The minimum atomic E-state index is 0.154. The molecule has 0 unspecified atom stereocenters. The average Bonchev–Trinajstić information content (AvgIpc) is 2.81. The van der Waals surface area contributed by atoms with Crippen LogP contribution in [0.1, 0.15) is 41.4 Å². The van der Waals surface area contributed by atoms with E-state index in [1.807, 2.05) is 37.3 Å². The van der Waals surface area contributed by atoms with Crippen molar-refractivity contribution in [2.24, 2.45) is 0 Å². The highest BCUT2D eigenvalue weighted by atomic mass is 32.2. The van der Waals surface area contributed by atoms with Crippen LogP contribution in [-0.2, 0) is 0 Å². The third kappa shape index (κ3) is 3.51. The molecule has 0 aliphatic carbocycles. The number of carbonyl (C=O) groups excluding carboxylic acids is 1. The van der Waals surface area contributed by atoms with E-state index in [1.165, 1.54) is 17.3 Å². The van der Waals surface area contributed by atoms with Crippen molar-refractivity contribution in [3.8, 4) is 0 Å². The van der Waals surface area contributed by atoms with Gasteiger partial charge < -0.3 is 4.42 Å². The fourth-order valence-corrected chi connectivity index (χ4v) is 2.66. The molecule has 0 N–H and O–H groups in total. The molecule has 1 aromatic heterocycles. The largest absolute Gasteiger partial charge is 0.468 e. The maximum atomic E-state index is 12.1. The van der Waals surface area contributed by atoms with Gasteiger partial charge >= 0.3 is 0 Å². The SMILES string of the molecule is Cc1occc1SCC(=O)c1ccc(C(C)C)cc1. The van der Waals surface area contributed by atoms with Gasteiger partial charge in [-0.15, -0.1) is 11.8 Å². The molecule has 100 valence electrons. The van der Waals surface area contributed by atoms with Crippen molar-refractivity contribution in [2.45, 2.75) is 31.6 Å². The second kappa shape index (κ2) is 6.11. The zero-order chi connectivity index (χ0) is 13.8. The van der Waals surface area contributed by atoms with Crippen LogP contribution < -0.4 is 0 Å². The van der Waals surface area contributed by atoms with Gasteiger partial charge in [0.15, 0.2) is 5.78 Å². The summed E-state index contributed by atoms with van der Waals surface area (Å²) in [6, 6.07) is 9.80. The van der Waals surface area contributed by atoms with E-state index in [1.54, 1.807) is 6.26 Å². The Balaban J connectivity index is 1.98. The molecule has 0 aliphatic heterocycles. The van der Waals surface area contributed by atoms with Crippen molar-refractivity contribution in [1.82, 2.24) is 0 Å². The molecule has 3 heteroatoms. The van der Waals surface area contributed by atoms with Gasteiger partial charge in [-0.1, -0.05) is 38.1 Å². The first-order valence-electron chi connectivity index (χ1n) is 6.38. The summed E-state index contributed by atoms with van der Waals surface area (Å²) in [5.41, 5.74) is 2.04. The molecule has 2 aromatic rings. The molecular formula is C16H18O2S. The van der Waals surface area contributed by atoms with Crippen LogP contribution in [0.15, 0.2) is 45.9 Å². The first-order valence-corrected chi connectivity index (χ1v) is 7.36. The Morgan fingerprint density at radius 3 is 2.42 bits per heavy atom. The van der Waals surface area contributed by atoms with Gasteiger partial charge in [0.2, 0.25) is 0 Å². The number of thioether (sulfide) groups is 1. The molecule has 1 aromatic carbocycles. The van der Waals surface area contributed by atoms with Crippen LogP contribution >= 0.6 is 11.8 Å². The van der Waals surface area contributed by atoms with Crippen LogP contribution in [0.4, 0.5) is 0 Å². The van der Waals surface area contributed by atoms with Crippen molar-refractivity contribution in [3.05, 3.63) is 53.5 Å². The average molecular weight is 274 g/mol. The number of carbonyl (C=O) groups is 1. The second-order valence-corrected chi connectivity index (χ2v) is 5.85. The van der Waals surface area contributed by atoms with Crippen LogP contribution in [0.2, 0.25) is 0 Å². The minimum absolute atomic E-state index is 0.154. The van der Waals surface area contributed by atoms with Crippen molar-refractivity contribution in [1.29, 1.82) is 0 Å². The van der Waals surface area contributed by atoms with Gasteiger partial charge in [0.1, 0.15) is 5.76 Å². The lowest BCUT2D eigenvalue weighted by Crippen LogP contribution is -2.02. The lowest BCUT2D eigenvalue weighted by molar-refractivity contribution is 0.102. The predicted molar refractivity (Wildman–Crippen MR) is 79.0 cm³/mol. The zero-order valence-electron chi connectivity index (χ0n) is 11.5. The number of rotatable bonds is 5. The number of furan rings is 1. The summed E-state index contributed by atoms with van der Waals surface area (Å²) in [6.45, 7) is 6.20. The highest BCUT2D eigenvalue weighted by Crippen LogP contribution is 2.24. The first-order chi connectivity index (χ1) is 9.08. The molecule has 19 heavy (non-hydrogen) atoms. The molecule has 0 saturated heterocycles. The van der Waals surface area contributed by atoms with Crippen molar-refractivity contribution < 1.29 is 9.21 Å². The number of aryl methyl sites for hydroxylation is 1. The lowest BCUT2D eigenvalue weighted by Gasteiger charge is -2.06. The molecule has 0 amide bonds. The third-order valence-corrected chi connectivity index (χ3v) is 4.21. The number of hydrogen-bond acceptors (Lipinski definition) is 3. The van der Waals surface area contributed by atoms with Gasteiger partial charge in [0, 0.05) is 10.5 Å². The fraction of sp³-hybridized carbons (Fsp3) is 0.312. The monoisotopic (exact) mass is 274 g/mol. The van der Waals surface area contributed by atoms with E-state index >= 15 is 0 Å². The highest BCUT2D eigenvalue weighted by Gasteiger charge is 2.09. The quantitative estimate of drug-likeness (QED) is 0.585. The van der Waals surface area contributed by atoms with E-state index in [-0.39, 0.29) is 5.78 Å². The predicted octanol–water partition coefficient (Wildman–Crippen LogP) is 4.69. The van der Waals surface area contributed by atoms with Gasteiger partial charge in [-0.2, -0.15) is 0 Å². The van der Waals surface area contributed by atoms with Gasteiger partial charge in [-0.25, -0.2) is 0 Å². The molecule has 0 aliphatic rings. The van der Waals surface area contributed by atoms with Gasteiger partial charge in [0.05, 0.1) is 12.0 Å². The van der Waals surface area contributed by atoms with E-state index in [2.05, 4.69) is 13.8 Å². The van der Waals surface area contributed by atoms with Crippen LogP contribution in [0.3, 0.4) is 0 Å². The molecule has 2 rings (SSSR count). The second-order valence-electron chi connectivity index (χ2n) is 4.83. The highest BCUT2D eigenvalue weighted by molar-refractivity contribution is 8.00. The Labute approximate surface area is 118 Å². The topological polar surface area (TPSA) is 30.2 Å². The van der Waals surface area contributed by atoms with Crippen LogP contribution in [0, 0.1) is 6.92 Å². The summed E-state index contributed by atoms with van der Waals surface area (Å²) in [5, 5.41) is 0. The summed E-state index contributed by atoms with van der Waals surface area (Å²) < 4.78 is 5.21. The van der Waals surface area contributed by atoms with Crippen molar-refractivity contribution in [3.63, 3.8) is 0 Å². The van der Waals surface area contributed by atoms with E-state index in [0.717, 1.165) is 16.2 Å². The minimum Gasteiger partial charge on any atom is -0.468 e. The number of Topliss-reactive ketones (excluding diaryl/α,β-unsaturated/α-hetero) is 1. The maximum Gasteiger partial charge on any atom is 0.173 e. The fourth-order valence-electron chi connectivity index (χ4n) is 1.80. The Morgan fingerprint density at radius 2 is 1.89 bits per heavy atom. The van der Waals surface area contributed by atoms with Crippen LogP contribution in [-0.4, -0.2) is 11.5 Å². The van der Waals surface area contributed by atoms with E-state index < -0.39 is 0 Å². The first kappa shape index (κ1) is 13.9. The van der Waals surface area contributed by atoms with E-state index in [0.29, 0.717) is 11.7 Å². The van der Waals surface area contributed by atoms with Gasteiger partial charge in [-0.3, -0.25) is 4.79 Å². The van der Waals surface area contributed by atoms with Crippen LogP contribution in [0.25, 0.3) is 0 Å². The summed E-state index contributed by atoms with van der Waals surface area (Å²) in [5.74, 6) is 1.96. The molecule has 0 spiro atoms. The van der Waals surface area contributed by atoms with E-state index in [4.69, 9.17) is 4.42 Å². The summed E-state index contributed by atoms with van der Waals surface area (Å²) >= 11 is 1.52. The Bertz CT molecular complexity index is 552. The molecule has 0 atom stereocenters. The summed E-state index contributed by atoms with van der Waals surface area (Å²) in [6.07, 6.45) is 1.65. The third-order valence-electron chi connectivity index (χ3n) is 3.07. The molecule has 0 bridgehead atoms. The molecule has 0 saturated carbocycles. The molecular weight excluding hydrogens is 256 g/mol. The standard InChI is InChI=1S/C16H18O2S/c1-11(2)13-4-6-14(7-5-13)15(17)10-19-16-8-9-18-12(16)3/h4-9,11H,10H2,1-3H3. The summed E-state index contributed by atoms with van der Waals surface area (Å²) in [4.78, 5) is 13.1. The molecule has 0 fully saturated rings. The normalized spacial score (nSPS) is 10.9. The van der Waals surface area contributed by atoms with Crippen molar-refractivity contribution >= 4 is 17.5 Å². The number of hydrogen-bond donors (Lipinski definition) is 0. The molecule has 1 heterocycles. The smallest absolute Gasteiger partial charge is 0.173 e. The van der Waals surface area contributed by atoms with Crippen LogP contribution in [0.5, 0.6) is 0 Å². The van der Waals surface area contributed by atoms with Gasteiger partial charge in [-0.05, 0) is 24.5 Å². The lowest BCUT2D eigenvalue weighted by atomic mass is 10.0. The Hall–Kier alpha value is -1.48. The van der Waals surface area contributed by atoms with Gasteiger partial charge in [0.25, 0.3) is 0 Å². The number of benzene rings is 1.